The SMILES string of the molecule is CCOc1cc(CNCc2ncon2)ccc1OC. The quantitative estimate of drug-likeness (QED) is 0.821. The van der Waals surface area contributed by atoms with Gasteiger partial charge in [0.1, 0.15) is 0 Å². The number of methoxy groups -OCH3 is 1. The van der Waals surface area contributed by atoms with Crippen LogP contribution in [0.25, 0.3) is 0 Å². The summed E-state index contributed by atoms with van der Waals surface area (Å²) in [5, 5.41) is 6.96. The van der Waals surface area contributed by atoms with E-state index in [1.54, 1.807) is 7.11 Å². The van der Waals surface area contributed by atoms with Crippen molar-refractivity contribution >= 4 is 0 Å². The number of nitrogens with zero attached hydrogens (tertiary/aromatic N) is 2. The maximum Gasteiger partial charge on any atom is 0.213 e. The van der Waals surface area contributed by atoms with Crippen molar-refractivity contribution in [3.05, 3.63) is 36.0 Å². The van der Waals surface area contributed by atoms with E-state index in [1.807, 2.05) is 25.1 Å². The predicted molar refractivity (Wildman–Crippen MR) is 69.0 cm³/mol. The number of aromatic nitrogens is 2. The molecule has 2 aromatic rings. The summed E-state index contributed by atoms with van der Waals surface area (Å²) < 4.78 is 15.4. The Hall–Kier alpha value is -2.08. The molecule has 0 bridgehead atoms. The van der Waals surface area contributed by atoms with E-state index in [-0.39, 0.29) is 0 Å². The molecule has 0 radical (unpaired) electrons. The van der Waals surface area contributed by atoms with E-state index < -0.39 is 0 Å². The van der Waals surface area contributed by atoms with Gasteiger partial charge in [-0.2, -0.15) is 4.98 Å². The molecule has 0 spiro atoms. The molecule has 1 heterocycles. The summed E-state index contributed by atoms with van der Waals surface area (Å²) in [4.78, 5) is 3.94. The lowest BCUT2D eigenvalue weighted by Crippen LogP contribution is -2.13. The summed E-state index contributed by atoms with van der Waals surface area (Å²) in [7, 11) is 1.63. The minimum Gasteiger partial charge on any atom is -0.493 e. The van der Waals surface area contributed by atoms with E-state index >= 15 is 0 Å². The molecule has 0 saturated carbocycles. The normalized spacial score (nSPS) is 10.4. The third-order valence-corrected chi connectivity index (χ3v) is 2.55. The number of hydrogen-bond donors (Lipinski definition) is 1. The van der Waals surface area contributed by atoms with E-state index in [1.165, 1.54) is 6.39 Å². The number of benzene rings is 1. The van der Waals surface area contributed by atoms with Gasteiger partial charge in [-0.1, -0.05) is 11.2 Å². The van der Waals surface area contributed by atoms with Crippen molar-refractivity contribution in [2.75, 3.05) is 13.7 Å². The van der Waals surface area contributed by atoms with Crippen LogP contribution in [0.4, 0.5) is 0 Å². The molecule has 0 aliphatic heterocycles. The molecule has 0 unspecified atom stereocenters. The van der Waals surface area contributed by atoms with Gasteiger partial charge in [-0.15, -0.1) is 0 Å². The first-order chi connectivity index (χ1) is 9.33. The molecule has 1 N–H and O–H groups in total. The molecule has 102 valence electrons. The van der Waals surface area contributed by atoms with Crippen LogP contribution in [-0.4, -0.2) is 23.9 Å². The molecule has 0 amide bonds. The first kappa shape index (κ1) is 13.4. The topological polar surface area (TPSA) is 69.4 Å². The van der Waals surface area contributed by atoms with Crippen molar-refractivity contribution in [3.8, 4) is 11.5 Å². The average molecular weight is 263 g/mol. The lowest BCUT2D eigenvalue weighted by molar-refractivity contribution is 0.310. The van der Waals surface area contributed by atoms with Crippen LogP contribution in [0, 0.1) is 0 Å². The summed E-state index contributed by atoms with van der Waals surface area (Å²) in [6.07, 6.45) is 1.32. The molecular weight excluding hydrogens is 246 g/mol. The molecule has 2 rings (SSSR count). The molecule has 0 fully saturated rings. The van der Waals surface area contributed by atoms with Crippen molar-refractivity contribution in [3.63, 3.8) is 0 Å². The summed E-state index contributed by atoms with van der Waals surface area (Å²) in [6.45, 7) is 3.81. The Bertz CT molecular complexity index is 500. The third kappa shape index (κ3) is 3.69. The van der Waals surface area contributed by atoms with Crippen LogP contribution in [0.3, 0.4) is 0 Å². The standard InChI is InChI=1S/C13H17N3O3/c1-3-18-12-6-10(4-5-11(12)17-2)7-14-8-13-15-9-19-16-13/h4-6,9,14H,3,7-8H2,1-2H3. The van der Waals surface area contributed by atoms with Gasteiger partial charge in [0.25, 0.3) is 0 Å². The molecule has 0 aliphatic rings. The Morgan fingerprint density at radius 2 is 2.16 bits per heavy atom. The number of hydrogen-bond acceptors (Lipinski definition) is 6. The van der Waals surface area contributed by atoms with Gasteiger partial charge in [0.05, 0.1) is 20.3 Å². The van der Waals surface area contributed by atoms with Crippen LogP contribution < -0.4 is 14.8 Å². The van der Waals surface area contributed by atoms with Crippen LogP contribution >= 0.6 is 0 Å². The molecule has 6 nitrogen and oxygen atoms in total. The van der Waals surface area contributed by atoms with Gasteiger partial charge in [0.2, 0.25) is 6.39 Å². The van der Waals surface area contributed by atoms with Crippen LogP contribution in [0.2, 0.25) is 0 Å². The third-order valence-electron chi connectivity index (χ3n) is 2.55. The second-order valence-corrected chi connectivity index (χ2v) is 3.87. The Morgan fingerprint density at radius 1 is 1.26 bits per heavy atom. The highest BCUT2D eigenvalue weighted by molar-refractivity contribution is 5.42. The Balaban J connectivity index is 1.94. The fourth-order valence-corrected chi connectivity index (χ4v) is 1.69. The lowest BCUT2D eigenvalue weighted by atomic mass is 10.2. The predicted octanol–water partition coefficient (Wildman–Crippen LogP) is 1.77. The second-order valence-electron chi connectivity index (χ2n) is 3.87. The van der Waals surface area contributed by atoms with Crippen LogP contribution in [0.5, 0.6) is 11.5 Å². The molecule has 19 heavy (non-hydrogen) atoms. The zero-order valence-corrected chi connectivity index (χ0v) is 11.0. The van der Waals surface area contributed by atoms with E-state index in [2.05, 4.69) is 20.0 Å². The first-order valence-electron chi connectivity index (χ1n) is 6.09. The summed E-state index contributed by atoms with van der Waals surface area (Å²) >= 11 is 0. The van der Waals surface area contributed by atoms with Crippen molar-refractivity contribution in [2.45, 2.75) is 20.0 Å². The monoisotopic (exact) mass is 263 g/mol. The van der Waals surface area contributed by atoms with Crippen molar-refractivity contribution in [1.29, 1.82) is 0 Å². The number of nitrogens with one attached hydrogen (secondary N) is 1. The fraction of sp³-hybridized carbons (Fsp3) is 0.385. The van der Waals surface area contributed by atoms with Gasteiger partial charge in [-0.25, -0.2) is 0 Å². The molecule has 0 atom stereocenters. The molecule has 1 aromatic carbocycles. The smallest absolute Gasteiger partial charge is 0.213 e. The molecule has 0 aliphatic carbocycles. The molecule has 1 aromatic heterocycles. The van der Waals surface area contributed by atoms with Crippen molar-refractivity contribution in [2.24, 2.45) is 0 Å². The molecular formula is C13H17N3O3. The number of ether oxygens (including phenoxy) is 2. The highest BCUT2D eigenvalue weighted by Crippen LogP contribution is 2.27. The molecule has 0 saturated heterocycles. The summed E-state index contributed by atoms with van der Waals surface area (Å²) in [5.41, 5.74) is 1.10. The Morgan fingerprint density at radius 3 is 2.84 bits per heavy atom. The lowest BCUT2D eigenvalue weighted by Gasteiger charge is -2.11. The Kier molecular flexibility index (Phi) is 4.74. The minimum absolute atomic E-state index is 0.562. The fourth-order valence-electron chi connectivity index (χ4n) is 1.69. The van der Waals surface area contributed by atoms with Gasteiger partial charge < -0.3 is 19.3 Å². The van der Waals surface area contributed by atoms with Crippen LogP contribution in [-0.2, 0) is 13.1 Å². The van der Waals surface area contributed by atoms with Crippen LogP contribution in [0.15, 0.2) is 29.1 Å². The maximum absolute atomic E-state index is 5.53. The highest BCUT2D eigenvalue weighted by atomic mass is 16.5. The van der Waals surface area contributed by atoms with Gasteiger partial charge in [0, 0.05) is 6.54 Å². The zero-order chi connectivity index (χ0) is 13.5. The largest absolute Gasteiger partial charge is 0.493 e. The van der Waals surface area contributed by atoms with Crippen molar-refractivity contribution in [1.82, 2.24) is 15.5 Å². The van der Waals surface area contributed by atoms with Gasteiger partial charge in [-0.05, 0) is 24.6 Å². The maximum atomic E-state index is 5.53. The van der Waals surface area contributed by atoms with E-state index in [9.17, 15) is 0 Å². The number of rotatable bonds is 7. The minimum atomic E-state index is 0.562. The van der Waals surface area contributed by atoms with Crippen LogP contribution in [0.1, 0.15) is 18.3 Å². The van der Waals surface area contributed by atoms with Gasteiger partial charge in [-0.3, -0.25) is 0 Å². The average Bonchev–Trinajstić information content (AvgIpc) is 2.93. The van der Waals surface area contributed by atoms with E-state index in [0.717, 1.165) is 17.1 Å². The summed E-state index contributed by atoms with van der Waals surface area (Å²) in [5.74, 6) is 2.13. The van der Waals surface area contributed by atoms with Gasteiger partial charge in [0.15, 0.2) is 17.3 Å². The van der Waals surface area contributed by atoms with E-state index in [0.29, 0.717) is 25.5 Å². The Labute approximate surface area is 111 Å². The second kappa shape index (κ2) is 6.75. The van der Waals surface area contributed by atoms with Crippen molar-refractivity contribution < 1.29 is 14.0 Å². The first-order valence-corrected chi connectivity index (χ1v) is 6.09. The van der Waals surface area contributed by atoms with E-state index in [4.69, 9.17) is 9.47 Å². The highest BCUT2D eigenvalue weighted by Gasteiger charge is 2.05. The molecule has 6 heteroatoms. The van der Waals surface area contributed by atoms with Gasteiger partial charge >= 0.3 is 0 Å². The zero-order valence-electron chi connectivity index (χ0n) is 11.0. The summed E-state index contributed by atoms with van der Waals surface area (Å²) in [6, 6.07) is 5.85.